The van der Waals surface area contributed by atoms with E-state index in [0.717, 1.165) is 12.1 Å². The molecule has 1 heterocycles. The van der Waals surface area contributed by atoms with Gasteiger partial charge < -0.3 is 34.3 Å². The summed E-state index contributed by atoms with van der Waals surface area (Å²) >= 11 is 0. The first-order valence-corrected chi connectivity index (χ1v) is 8.95. The Morgan fingerprint density at radius 2 is 1.77 bits per heavy atom. The number of hydrogen-bond acceptors (Lipinski definition) is 7. The molecule has 1 aromatic heterocycles. The van der Waals surface area contributed by atoms with E-state index >= 15 is 0 Å². The molecule has 0 unspecified atom stereocenters. The molecule has 26 heavy (non-hydrogen) atoms. The van der Waals surface area contributed by atoms with Crippen molar-refractivity contribution in [3.8, 4) is 34.3 Å². The summed E-state index contributed by atoms with van der Waals surface area (Å²) in [6, 6.07) is 7.38. The van der Waals surface area contributed by atoms with Gasteiger partial charge in [-0.2, -0.15) is 0 Å². The summed E-state index contributed by atoms with van der Waals surface area (Å²) in [6.07, 6.45) is -0.967. The van der Waals surface area contributed by atoms with E-state index in [1.807, 2.05) is 0 Å². The number of aromatic hydroxyl groups is 3. The quantitative estimate of drug-likeness (QED) is 0.427. The number of phenols is 2. The standard InChI is InChI=1S/C16H13O9P/c17-9-2-3-10-12(6-9)25-16(15(20)14(10)19)8-1-4-11(18)13(5-8)24-7-26(21,22)23/h1-6,17-18,20H,7H2,(H2,21,22,23). The molecule has 0 bridgehead atoms. The fourth-order valence-corrected chi connectivity index (χ4v) is 2.60. The lowest BCUT2D eigenvalue weighted by molar-refractivity contribution is 0.292. The summed E-state index contributed by atoms with van der Waals surface area (Å²) in [4.78, 5) is 30.0. The maximum atomic E-state index is 12.3. The zero-order valence-electron chi connectivity index (χ0n) is 13.0. The number of ether oxygens (including phenoxy) is 1. The van der Waals surface area contributed by atoms with Gasteiger partial charge >= 0.3 is 7.60 Å². The SMILES string of the molecule is O=c1c(O)c(-c2ccc(O)c(OCP(=O)(O)O)c2)oc2cc(O)ccc12. The lowest BCUT2D eigenvalue weighted by atomic mass is 10.1. The van der Waals surface area contributed by atoms with Crippen molar-refractivity contribution in [2.24, 2.45) is 0 Å². The highest BCUT2D eigenvalue weighted by atomic mass is 31.2. The van der Waals surface area contributed by atoms with Crippen LogP contribution in [0.1, 0.15) is 0 Å². The summed E-state index contributed by atoms with van der Waals surface area (Å²) in [5.74, 6) is -1.77. The molecule has 2 aromatic carbocycles. The van der Waals surface area contributed by atoms with Crippen LogP contribution in [0.25, 0.3) is 22.3 Å². The Bertz CT molecular complexity index is 1100. The Labute approximate surface area is 145 Å². The average Bonchev–Trinajstić information content (AvgIpc) is 2.56. The number of fused-ring (bicyclic) bond motifs is 1. The van der Waals surface area contributed by atoms with Gasteiger partial charge in [0, 0.05) is 11.6 Å². The van der Waals surface area contributed by atoms with Crippen molar-refractivity contribution in [3.63, 3.8) is 0 Å². The maximum absolute atomic E-state index is 12.3. The van der Waals surface area contributed by atoms with Gasteiger partial charge in [0.05, 0.1) is 5.39 Å². The third-order valence-electron chi connectivity index (χ3n) is 3.46. The molecule has 0 saturated heterocycles. The van der Waals surface area contributed by atoms with Gasteiger partial charge in [-0.05, 0) is 30.3 Å². The molecule has 3 aromatic rings. The van der Waals surface area contributed by atoms with Crippen LogP contribution in [0.4, 0.5) is 0 Å². The van der Waals surface area contributed by atoms with Gasteiger partial charge in [0.25, 0.3) is 0 Å². The van der Waals surface area contributed by atoms with E-state index in [1.54, 1.807) is 0 Å². The molecule has 0 radical (unpaired) electrons. The van der Waals surface area contributed by atoms with Crippen LogP contribution in [0.5, 0.6) is 23.0 Å². The van der Waals surface area contributed by atoms with Crippen molar-refractivity contribution in [2.45, 2.75) is 0 Å². The number of benzene rings is 2. The summed E-state index contributed by atoms with van der Waals surface area (Å²) in [6.45, 7) is 0. The summed E-state index contributed by atoms with van der Waals surface area (Å²) < 4.78 is 21.3. The zero-order chi connectivity index (χ0) is 19.1. The highest BCUT2D eigenvalue weighted by molar-refractivity contribution is 7.51. The van der Waals surface area contributed by atoms with Gasteiger partial charge in [0.15, 0.2) is 23.6 Å². The Hall–Kier alpha value is -3.00. The van der Waals surface area contributed by atoms with Gasteiger partial charge in [0.2, 0.25) is 11.2 Å². The lowest BCUT2D eigenvalue weighted by Crippen LogP contribution is -2.03. The molecule has 5 N–H and O–H groups in total. The Kier molecular flexibility index (Phi) is 4.37. The third kappa shape index (κ3) is 3.50. The number of rotatable bonds is 4. The molecular weight excluding hydrogens is 367 g/mol. The van der Waals surface area contributed by atoms with Crippen LogP contribution in [0.3, 0.4) is 0 Å². The van der Waals surface area contributed by atoms with Crippen LogP contribution < -0.4 is 10.2 Å². The molecule has 0 aliphatic carbocycles. The smallest absolute Gasteiger partial charge is 0.362 e. The molecule has 0 atom stereocenters. The first-order valence-electron chi connectivity index (χ1n) is 7.15. The molecule has 0 saturated carbocycles. The summed E-state index contributed by atoms with van der Waals surface area (Å²) in [5.41, 5.74) is -0.594. The monoisotopic (exact) mass is 380 g/mol. The van der Waals surface area contributed by atoms with Crippen LogP contribution in [0.2, 0.25) is 0 Å². The van der Waals surface area contributed by atoms with E-state index in [9.17, 15) is 24.7 Å². The van der Waals surface area contributed by atoms with Gasteiger partial charge in [-0.3, -0.25) is 9.36 Å². The van der Waals surface area contributed by atoms with E-state index in [-0.39, 0.29) is 33.8 Å². The van der Waals surface area contributed by atoms with Gasteiger partial charge in [-0.1, -0.05) is 0 Å². The molecule has 9 nitrogen and oxygen atoms in total. The molecule has 136 valence electrons. The largest absolute Gasteiger partial charge is 0.508 e. The third-order valence-corrected chi connectivity index (χ3v) is 3.93. The van der Waals surface area contributed by atoms with Gasteiger partial charge in [0.1, 0.15) is 11.3 Å². The first kappa shape index (κ1) is 17.8. The van der Waals surface area contributed by atoms with Crippen LogP contribution in [-0.4, -0.2) is 31.5 Å². The molecule has 0 aliphatic rings. The highest BCUT2D eigenvalue weighted by Gasteiger charge is 2.19. The van der Waals surface area contributed by atoms with Crippen molar-refractivity contribution in [1.82, 2.24) is 0 Å². The molecule has 10 heteroatoms. The van der Waals surface area contributed by atoms with E-state index in [2.05, 4.69) is 0 Å². The minimum Gasteiger partial charge on any atom is -0.508 e. The molecule has 3 rings (SSSR count). The number of hydrogen-bond donors (Lipinski definition) is 5. The molecule has 0 amide bonds. The van der Waals surface area contributed by atoms with Crippen molar-refractivity contribution < 1.29 is 38.8 Å². The number of phenolic OH excluding ortho intramolecular Hbond substituents is 2. The Morgan fingerprint density at radius 3 is 2.46 bits per heavy atom. The molecule has 0 fully saturated rings. The van der Waals surface area contributed by atoms with E-state index in [0.29, 0.717) is 0 Å². The fourth-order valence-electron chi connectivity index (χ4n) is 2.29. The first-order chi connectivity index (χ1) is 12.2. The predicted molar refractivity (Wildman–Crippen MR) is 90.5 cm³/mol. The van der Waals surface area contributed by atoms with Gasteiger partial charge in [-0.15, -0.1) is 0 Å². The second kappa shape index (κ2) is 6.38. The maximum Gasteiger partial charge on any atom is 0.362 e. The minimum atomic E-state index is -4.48. The second-order valence-electron chi connectivity index (χ2n) is 5.41. The van der Waals surface area contributed by atoms with Crippen molar-refractivity contribution >= 4 is 18.6 Å². The van der Waals surface area contributed by atoms with Crippen molar-refractivity contribution in [2.75, 3.05) is 6.35 Å². The summed E-state index contributed by atoms with van der Waals surface area (Å²) in [5, 5.41) is 29.5. The highest BCUT2D eigenvalue weighted by Crippen LogP contribution is 2.39. The Balaban J connectivity index is 2.13. The van der Waals surface area contributed by atoms with Crippen LogP contribution in [0.15, 0.2) is 45.6 Å². The Morgan fingerprint density at radius 1 is 1.04 bits per heavy atom. The molecule has 0 aliphatic heterocycles. The van der Waals surface area contributed by atoms with Crippen molar-refractivity contribution in [3.05, 3.63) is 46.6 Å². The topological polar surface area (TPSA) is 158 Å². The predicted octanol–water partition coefficient (Wildman–Crippen LogP) is 2.09. The fraction of sp³-hybridized carbons (Fsp3) is 0.0625. The van der Waals surface area contributed by atoms with E-state index in [1.165, 1.54) is 24.3 Å². The summed E-state index contributed by atoms with van der Waals surface area (Å²) in [7, 11) is -4.48. The minimum absolute atomic E-state index is 0.0218. The van der Waals surface area contributed by atoms with Crippen LogP contribution in [-0.2, 0) is 4.57 Å². The normalized spacial score (nSPS) is 11.6. The lowest BCUT2D eigenvalue weighted by Gasteiger charge is -2.11. The molecular formula is C16H13O9P. The van der Waals surface area contributed by atoms with Crippen LogP contribution >= 0.6 is 7.60 Å². The van der Waals surface area contributed by atoms with Crippen LogP contribution in [0, 0.1) is 0 Å². The second-order valence-corrected chi connectivity index (χ2v) is 7.00. The van der Waals surface area contributed by atoms with E-state index < -0.39 is 30.9 Å². The molecule has 0 spiro atoms. The van der Waals surface area contributed by atoms with E-state index in [4.69, 9.17) is 18.9 Å². The average molecular weight is 380 g/mol. The zero-order valence-corrected chi connectivity index (χ0v) is 13.9. The van der Waals surface area contributed by atoms with Crippen molar-refractivity contribution in [1.29, 1.82) is 0 Å². The van der Waals surface area contributed by atoms with Gasteiger partial charge in [-0.25, -0.2) is 0 Å².